The van der Waals surface area contributed by atoms with Gasteiger partial charge in [0.25, 0.3) is 0 Å². The number of anilines is 1. The lowest BCUT2D eigenvalue weighted by molar-refractivity contribution is -0.121. The van der Waals surface area contributed by atoms with Gasteiger partial charge >= 0.3 is 0 Å². The normalized spacial score (nSPS) is 16.8. The number of nitrogens with zero attached hydrogens (tertiary/aromatic N) is 2. The number of hydrogen-bond acceptors (Lipinski definition) is 3. The Morgan fingerprint density at radius 2 is 1.68 bits per heavy atom. The lowest BCUT2D eigenvalue weighted by Gasteiger charge is -2.37. The van der Waals surface area contributed by atoms with Crippen LogP contribution in [0.15, 0.2) is 36.4 Å². The molecule has 0 spiro atoms. The maximum Gasteiger partial charge on any atom is 0.241 e. The summed E-state index contributed by atoms with van der Waals surface area (Å²) in [6.07, 6.45) is 0. The van der Waals surface area contributed by atoms with Crippen molar-refractivity contribution >= 4 is 23.2 Å². The monoisotopic (exact) mass is 411 g/mol. The average Bonchev–Trinajstić information content (AvgIpc) is 2.70. The second-order valence-corrected chi connectivity index (χ2v) is 7.26. The van der Waals surface area contributed by atoms with Crippen molar-refractivity contribution in [2.45, 2.75) is 19.5 Å². The van der Waals surface area contributed by atoms with Crippen LogP contribution in [-0.4, -0.2) is 47.9 Å². The Hall–Kier alpha value is -2.09. The smallest absolute Gasteiger partial charge is 0.241 e. The van der Waals surface area contributed by atoms with Crippen molar-refractivity contribution in [3.63, 3.8) is 0 Å². The van der Waals surface area contributed by atoms with Crippen molar-refractivity contribution in [3.8, 4) is 0 Å². The van der Waals surface area contributed by atoms with Gasteiger partial charge in [0.15, 0.2) is 17.5 Å². The molecule has 1 aliphatic heterocycles. The van der Waals surface area contributed by atoms with Gasteiger partial charge in [-0.3, -0.25) is 14.6 Å². The summed E-state index contributed by atoms with van der Waals surface area (Å²) < 4.78 is 40.1. The minimum absolute atomic E-state index is 0.364. The molecule has 0 aromatic heterocycles. The number of piperazine rings is 1. The highest BCUT2D eigenvalue weighted by molar-refractivity contribution is 6.30. The first kappa shape index (κ1) is 20.6. The number of benzene rings is 2. The zero-order chi connectivity index (χ0) is 20.3. The SMILES string of the molecule is CC(C(=O)Nc1ccc(F)c(F)c1F)N1CCN(Cc2ccc(Cl)cc2)CC1. The molecule has 0 saturated carbocycles. The molecule has 1 aliphatic rings. The van der Waals surface area contributed by atoms with Crippen molar-refractivity contribution in [2.75, 3.05) is 31.5 Å². The summed E-state index contributed by atoms with van der Waals surface area (Å²) in [5, 5.41) is 3.04. The number of halogens is 4. The molecular weight excluding hydrogens is 391 g/mol. The Kier molecular flexibility index (Phi) is 6.59. The number of carbonyl (C=O) groups excluding carboxylic acids is 1. The fourth-order valence-electron chi connectivity index (χ4n) is 3.18. The van der Waals surface area contributed by atoms with Gasteiger partial charge in [-0.15, -0.1) is 0 Å². The Morgan fingerprint density at radius 3 is 2.32 bits per heavy atom. The molecule has 8 heteroatoms. The summed E-state index contributed by atoms with van der Waals surface area (Å²) in [4.78, 5) is 16.7. The van der Waals surface area contributed by atoms with E-state index in [9.17, 15) is 18.0 Å². The van der Waals surface area contributed by atoms with Crippen LogP contribution >= 0.6 is 11.6 Å². The first-order valence-corrected chi connectivity index (χ1v) is 9.38. The van der Waals surface area contributed by atoms with Gasteiger partial charge in [-0.1, -0.05) is 23.7 Å². The van der Waals surface area contributed by atoms with Crippen molar-refractivity contribution in [3.05, 3.63) is 64.4 Å². The molecule has 0 bridgehead atoms. The summed E-state index contributed by atoms with van der Waals surface area (Å²) in [6.45, 7) is 5.40. The van der Waals surface area contributed by atoms with Crippen LogP contribution in [0.25, 0.3) is 0 Å². The van der Waals surface area contributed by atoms with E-state index >= 15 is 0 Å². The molecule has 150 valence electrons. The molecule has 1 amide bonds. The van der Waals surface area contributed by atoms with Gasteiger partial charge in [0.2, 0.25) is 5.91 Å². The first-order valence-electron chi connectivity index (χ1n) is 9.00. The Morgan fingerprint density at radius 1 is 1.04 bits per heavy atom. The second kappa shape index (κ2) is 8.94. The highest BCUT2D eigenvalue weighted by atomic mass is 35.5. The number of carbonyl (C=O) groups is 1. The topological polar surface area (TPSA) is 35.6 Å². The van der Waals surface area contributed by atoms with Crippen LogP contribution in [0.3, 0.4) is 0 Å². The van der Waals surface area contributed by atoms with Crippen LogP contribution in [0.4, 0.5) is 18.9 Å². The second-order valence-electron chi connectivity index (χ2n) is 6.83. The fraction of sp³-hybridized carbons (Fsp3) is 0.350. The Balaban J connectivity index is 1.53. The Labute approximate surface area is 166 Å². The summed E-state index contributed by atoms with van der Waals surface area (Å²) in [7, 11) is 0. The number of hydrogen-bond donors (Lipinski definition) is 1. The zero-order valence-electron chi connectivity index (χ0n) is 15.4. The van der Waals surface area contributed by atoms with Crippen LogP contribution in [0, 0.1) is 17.5 Å². The predicted octanol–water partition coefficient (Wildman–Crippen LogP) is 3.90. The van der Waals surface area contributed by atoms with E-state index in [4.69, 9.17) is 11.6 Å². The van der Waals surface area contributed by atoms with E-state index < -0.39 is 29.4 Å². The molecule has 1 heterocycles. The minimum atomic E-state index is -1.60. The molecule has 1 fully saturated rings. The third kappa shape index (κ3) is 4.84. The highest BCUT2D eigenvalue weighted by Gasteiger charge is 2.26. The van der Waals surface area contributed by atoms with Gasteiger partial charge < -0.3 is 5.32 Å². The molecule has 3 rings (SSSR count). The van der Waals surface area contributed by atoms with Gasteiger partial charge in [0.05, 0.1) is 11.7 Å². The van der Waals surface area contributed by atoms with Crippen LogP contribution < -0.4 is 5.32 Å². The van der Waals surface area contributed by atoms with E-state index in [-0.39, 0.29) is 5.69 Å². The summed E-state index contributed by atoms with van der Waals surface area (Å²) in [6, 6.07) is 8.97. The molecular formula is C20H21ClF3N3O. The minimum Gasteiger partial charge on any atom is -0.322 e. The molecule has 1 atom stereocenters. The summed E-state index contributed by atoms with van der Waals surface area (Å²) in [5.41, 5.74) is 0.801. The van der Waals surface area contributed by atoms with Crippen LogP contribution in [-0.2, 0) is 11.3 Å². The maximum absolute atomic E-state index is 13.8. The number of amides is 1. The molecule has 2 aromatic carbocycles. The third-order valence-corrected chi connectivity index (χ3v) is 5.20. The van der Waals surface area contributed by atoms with E-state index in [1.165, 1.54) is 0 Å². The molecule has 4 nitrogen and oxygen atoms in total. The van der Waals surface area contributed by atoms with E-state index in [0.29, 0.717) is 18.1 Å². The van der Waals surface area contributed by atoms with Gasteiger partial charge in [0, 0.05) is 37.7 Å². The van der Waals surface area contributed by atoms with Gasteiger partial charge in [0.1, 0.15) is 0 Å². The van der Waals surface area contributed by atoms with E-state index in [1.807, 2.05) is 29.2 Å². The molecule has 0 radical (unpaired) electrons. The predicted molar refractivity (Wildman–Crippen MR) is 103 cm³/mol. The maximum atomic E-state index is 13.8. The molecule has 1 N–H and O–H groups in total. The van der Waals surface area contributed by atoms with Gasteiger partial charge in [-0.25, -0.2) is 13.2 Å². The molecule has 0 aliphatic carbocycles. The summed E-state index contributed by atoms with van der Waals surface area (Å²) >= 11 is 5.90. The van der Waals surface area contributed by atoms with Gasteiger partial charge in [-0.05, 0) is 36.8 Å². The third-order valence-electron chi connectivity index (χ3n) is 4.95. The van der Waals surface area contributed by atoms with Crippen LogP contribution in [0.1, 0.15) is 12.5 Å². The number of nitrogens with one attached hydrogen (secondary N) is 1. The first-order chi connectivity index (χ1) is 13.3. The zero-order valence-corrected chi connectivity index (χ0v) is 16.1. The lowest BCUT2D eigenvalue weighted by Crippen LogP contribution is -2.52. The standard InChI is InChI=1S/C20H21ClF3N3O/c1-13(20(28)25-17-7-6-16(22)18(23)19(17)24)27-10-8-26(9-11-27)12-14-2-4-15(21)5-3-14/h2-7,13H,8-12H2,1H3,(H,25,28). The van der Waals surface area contributed by atoms with Crippen molar-refractivity contribution in [1.29, 1.82) is 0 Å². The van der Waals surface area contributed by atoms with Crippen LogP contribution in [0.5, 0.6) is 0 Å². The largest absolute Gasteiger partial charge is 0.322 e. The molecule has 1 saturated heterocycles. The van der Waals surface area contributed by atoms with Crippen molar-refractivity contribution in [1.82, 2.24) is 9.80 Å². The van der Waals surface area contributed by atoms with E-state index in [1.54, 1.807) is 6.92 Å². The molecule has 28 heavy (non-hydrogen) atoms. The Bertz CT molecular complexity index is 839. The van der Waals surface area contributed by atoms with Crippen molar-refractivity contribution < 1.29 is 18.0 Å². The van der Waals surface area contributed by atoms with E-state index in [2.05, 4.69) is 10.2 Å². The van der Waals surface area contributed by atoms with E-state index in [0.717, 1.165) is 37.3 Å². The van der Waals surface area contributed by atoms with Crippen LogP contribution in [0.2, 0.25) is 5.02 Å². The fourth-order valence-corrected chi connectivity index (χ4v) is 3.31. The van der Waals surface area contributed by atoms with Crippen molar-refractivity contribution in [2.24, 2.45) is 0 Å². The lowest BCUT2D eigenvalue weighted by atomic mass is 10.1. The molecule has 1 unspecified atom stereocenters. The summed E-state index contributed by atoms with van der Waals surface area (Å²) in [5.74, 6) is -4.74. The highest BCUT2D eigenvalue weighted by Crippen LogP contribution is 2.20. The number of rotatable bonds is 5. The van der Waals surface area contributed by atoms with Gasteiger partial charge in [-0.2, -0.15) is 0 Å². The quantitative estimate of drug-likeness (QED) is 0.758. The average molecular weight is 412 g/mol. The molecule has 2 aromatic rings.